The first kappa shape index (κ1) is 12.5. The maximum Gasteiger partial charge on any atom is 0.246 e. The number of carbonyl (C=O) groups excluding carboxylic acids is 1. The van der Waals surface area contributed by atoms with Gasteiger partial charge < -0.3 is 15.8 Å². The van der Waals surface area contributed by atoms with Gasteiger partial charge in [0, 0.05) is 12.1 Å². The van der Waals surface area contributed by atoms with Crippen molar-refractivity contribution in [1.29, 1.82) is 0 Å². The molecule has 2 atom stereocenters. The number of amides is 1. The molecule has 1 amide bonds. The molecular weight excluding hydrogens is 192 g/mol. The molecular formula is C11H22N2O2. The highest BCUT2D eigenvalue weighted by Crippen LogP contribution is 2.16. The van der Waals surface area contributed by atoms with E-state index in [-0.39, 0.29) is 30.2 Å². The molecule has 0 aromatic heterocycles. The highest BCUT2D eigenvalue weighted by atomic mass is 16.5. The van der Waals surface area contributed by atoms with Gasteiger partial charge in [0.25, 0.3) is 0 Å². The first-order chi connectivity index (χ1) is 6.88. The first-order valence-electron chi connectivity index (χ1n) is 5.57. The smallest absolute Gasteiger partial charge is 0.246 e. The zero-order chi connectivity index (χ0) is 11.5. The fourth-order valence-electron chi connectivity index (χ4n) is 1.70. The van der Waals surface area contributed by atoms with Crippen LogP contribution >= 0.6 is 0 Å². The van der Waals surface area contributed by atoms with E-state index in [0.29, 0.717) is 0 Å². The van der Waals surface area contributed by atoms with Gasteiger partial charge in [-0.05, 0) is 40.0 Å². The van der Waals surface area contributed by atoms with Gasteiger partial charge in [0.15, 0.2) is 0 Å². The molecule has 3 N–H and O–H groups in total. The Hall–Kier alpha value is -0.610. The number of nitrogens with two attached hydrogens (primary N) is 1. The summed E-state index contributed by atoms with van der Waals surface area (Å²) < 4.78 is 5.38. The van der Waals surface area contributed by atoms with Gasteiger partial charge in [0.1, 0.15) is 6.61 Å². The number of rotatable bonds is 3. The molecule has 0 saturated heterocycles. The summed E-state index contributed by atoms with van der Waals surface area (Å²) in [7, 11) is 0. The van der Waals surface area contributed by atoms with Gasteiger partial charge in [-0.15, -0.1) is 0 Å². The van der Waals surface area contributed by atoms with Crippen molar-refractivity contribution in [3.05, 3.63) is 0 Å². The Morgan fingerprint density at radius 3 is 2.60 bits per heavy atom. The second-order valence-electron chi connectivity index (χ2n) is 5.17. The third-order valence-electron chi connectivity index (χ3n) is 2.55. The molecule has 4 heteroatoms. The minimum Gasteiger partial charge on any atom is -0.366 e. The first-order valence-corrected chi connectivity index (χ1v) is 5.57. The summed E-state index contributed by atoms with van der Waals surface area (Å²) in [4.78, 5) is 11.5. The van der Waals surface area contributed by atoms with E-state index in [1.165, 1.54) is 0 Å². The van der Waals surface area contributed by atoms with E-state index >= 15 is 0 Å². The Bertz CT molecular complexity index is 223. The molecule has 2 unspecified atom stereocenters. The Balaban J connectivity index is 2.24. The van der Waals surface area contributed by atoms with Crippen LogP contribution < -0.4 is 11.1 Å². The summed E-state index contributed by atoms with van der Waals surface area (Å²) >= 11 is 0. The predicted molar refractivity (Wildman–Crippen MR) is 59.5 cm³/mol. The average molecular weight is 214 g/mol. The van der Waals surface area contributed by atoms with E-state index in [4.69, 9.17) is 10.5 Å². The molecule has 0 aromatic rings. The van der Waals surface area contributed by atoms with Crippen LogP contribution in [0.15, 0.2) is 0 Å². The molecule has 0 bridgehead atoms. The Kier molecular flexibility index (Phi) is 4.11. The minimum absolute atomic E-state index is 0.0627. The maximum atomic E-state index is 11.5. The monoisotopic (exact) mass is 214 g/mol. The molecule has 0 heterocycles. The quantitative estimate of drug-likeness (QED) is 0.730. The summed E-state index contributed by atoms with van der Waals surface area (Å²) in [5.41, 5.74) is 5.58. The van der Waals surface area contributed by atoms with E-state index in [0.717, 1.165) is 19.3 Å². The lowest BCUT2D eigenvalue weighted by Crippen LogP contribution is -2.45. The Morgan fingerprint density at radius 1 is 1.47 bits per heavy atom. The fourth-order valence-corrected chi connectivity index (χ4v) is 1.70. The van der Waals surface area contributed by atoms with Gasteiger partial charge in [-0.25, -0.2) is 0 Å². The van der Waals surface area contributed by atoms with Crippen molar-refractivity contribution in [2.24, 2.45) is 5.73 Å². The van der Waals surface area contributed by atoms with Crippen LogP contribution in [0.25, 0.3) is 0 Å². The van der Waals surface area contributed by atoms with E-state index in [2.05, 4.69) is 5.32 Å². The van der Waals surface area contributed by atoms with Crippen LogP contribution in [0.1, 0.15) is 40.0 Å². The van der Waals surface area contributed by atoms with Gasteiger partial charge in [-0.1, -0.05) is 0 Å². The zero-order valence-corrected chi connectivity index (χ0v) is 9.88. The molecule has 15 heavy (non-hydrogen) atoms. The topological polar surface area (TPSA) is 64.3 Å². The van der Waals surface area contributed by atoms with E-state index in [9.17, 15) is 4.79 Å². The molecule has 1 fully saturated rings. The molecule has 0 aromatic carbocycles. The van der Waals surface area contributed by atoms with Gasteiger partial charge in [0.2, 0.25) is 5.91 Å². The van der Waals surface area contributed by atoms with Crippen LogP contribution in [0.3, 0.4) is 0 Å². The Morgan fingerprint density at radius 2 is 2.13 bits per heavy atom. The summed E-state index contributed by atoms with van der Waals surface area (Å²) in [6.45, 7) is 5.91. The lowest BCUT2D eigenvalue weighted by atomic mass is 10.2. The van der Waals surface area contributed by atoms with Crippen molar-refractivity contribution in [3.63, 3.8) is 0 Å². The number of nitrogens with one attached hydrogen (secondary N) is 1. The normalized spacial score (nSPS) is 26.7. The molecule has 0 spiro atoms. The molecule has 1 aliphatic carbocycles. The van der Waals surface area contributed by atoms with Crippen LogP contribution in [-0.4, -0.2) is 30.2 Å². The van der Waals surface area contributed by atoms with Gasteiger partial charge in [-0.2, -0.15) is 0 Å². The van der Waals surface area contributed by atoms with Crippen molar-refractivity contribution in [1.82, 2.24) is 5.32 Å². The molecule has 4 nitrogen and oxygen atoms in total. The Labute approximate surface area is 91.5 Å². The maximum absolute atomic E-state index is 11.5. The van der Waals surface area contributed by atoms with Gasteiger partial charge in [0.05, 0.1) is 5.60 Å². The highest BCUT2D eigenvalue weighted by Gasteiger charge is 2.25. The average Bonchev–Trinajstić information content (AvgIpc) is 2.47. The van der Waals surface area contributed by atoms with Crippen molar-refractivity contribution >= 4 is 5.91 Å². The van der Waals surface area contributed by atoms with Gasteiger partial charge >= 0.3 is 0 Å². The fraction of sp³-hybridized carbons (Fsp3) is 0.909. The van der Waals surface area contributed by atoms with Crippen LogP contribution in [0.5, 0.6) is 0 Å². The van der Waals surface area contributed by atoms with Crippen LogP contribution in [0.2, 0.25) is 0 Å². The lowest BCUT2D eigenvalue weighted by molar-refractivity contribution is -0.131. The van der Waals surface area contributed by atoms with E-state index in [1.54, 1.807) is 0 Å². The number of ether oxygens (including phenoxy) is 1. The zero-order valence-electron chi connectivity index (χ0n) is 9.88. The number of hydrogen-bond acceptors (Lipinski definition) is 3. The lowest BCUT2D eigenvalue weighted by Gasteiger charge is -2.21. The predicted octanol–water partition coefficient (Wildman–Crippen LogP) is 0.797. The molecule has 0 radical (unpaired) electrons. The van der Waals surface area contributed by atoms with Crippen molar-refractivity contribution < 1.29 is 9.53 Å². The van der Waals surface area contributed by atoms with Crippen molar-refractivity contribution in [2.45, 2.75) is 57.7 Å². The second-order valence-corrected chi connectivity index (χ2v) is 5.17. The molecule has 88 valence electrons. The number of carbonyl (C=O) groups is 1. The van der Waals surface area contributed by atoms with E-state index in [1.807, 2.05) is 20.8 Å². The minimum atomic E-state index is -0.269. The molecule has 1 aliphatic rings. The second kappa shape index (κ2) is 4.94. The van der Waals surface area contributed by atoms with Crippen LogP contribution in [0, 0.1) is 0 Å². The SMILES string of the molecule is CC(C)(C)OCC(=O)NC1CCCC1N. The van der Waals surface area contributed by atoms with Crippen molar-refractivity contribution in [2.75, 3.05) is 6.61 Å². The number of hydrogen-bond donors (Lipinski definition) is 2. The van der Waals surface area contributed by atoms with Crippen LogP contribution in [-0.2, 0) is 9.53 Å². The summed E-state index contributed by atoms with van der Waals surface area (Å²) in [6, 6.07) is 0.254. The molecule has 0 aliphatic heterocycles. The summed E-state index contributed by atoms with van der Waals surface area (Å²) in [5.74, 6) is -0.0627. The van der Waals surface area contributed by atoms with E-state index < -0.39 is 0 Å². The van der Waals surface area contributed by atoms with Crippen molar-refractivity contribution in [3.8, 4) is 0 Å². The summed E-state index contributed by atoms with van der Waals surface area (Å²) in [6.07, 6.45) is 3.10. The highest BCUT2D eigenvalue weighted by molar-refractivity contribution is 5.77. The van der Waals surface area contributed by atoms with Gasteiger partial charge in [-0.3, -0.25) is 4.79 Å². The summed E-state index contributed by atoms with van der Waals surface area (Å²) in [5, 5.41) is 2.91. The molecule has 1 saturated carbocycles. The van der Waals surface area contributed by atoms with Crippen LogP contribution in [0.4, 0.5) is 0 Å². The largest absolute Gasteiger partial charge is 0.366 e. The standard InChI is InChI=1S/C11H22N2O2/c1-11(2,3)15-7-10(14)13-9-6-4-5-8(9)12/h8-9H,4-7,12H2,1-3H3,(H,13,14). The third kappa shape index (κ3) is 4.62. The molecule has 1 rings (SSSR count). The third-order valence-corrected chi connectivity index (χ3v) is 2.55.